The predicted molar refractivity (Wildman–Crippen MR) is 59.5 cm³/mol. The van der Waals surface area contributed by atoms with Crippen molar-refractivity contribution in [3.05, 3.63) is 42.2 Å². The van der Waals surface area contributed by atoms with Gasteiger partial charge in [0.25, 0.3) is 0 Å². The van der Waals surface area contributed by atoms with Crippen molar-refractivity contribution in [3.8, 4) is 0 Å². The molecule has 1 aliphatic rings. The van der Waals surface area contributed by atoms with Gasteiger partial charge in [0.1, 0.15) is 0 Å². The van der Waals surface area contributed by atoms with Crippen molar-refractivity contribution in [2.24, 2.45) is 5.41 Å². The first-order chi connectivity index (χ1) is 7.09. The highest BCUT2D eigenvalue weighted by Gasteiger charge is 2.33. The van der Waals surface area contributed by atoms with E-state index in [2.05, 4.69) is 18.8 Å². The molecule has 2 nitrogen and oxygen atoms in total. The molecule has 0 radical (unpaired) electrons. The van der Waals surface area contributed by atoms with Gasteiger partial charge in [0.15, 0.2) is 5.78 Å². The van der Waals surface area contributed by atoms with Crippen LogP contribution in [-0.2, 0) is 4.79 Å². The molecule has 2 heteroatoms. The Morgan fingerprint density at radius 3 is 2.87 bits per heavy atom. The van der Waals surface area contributed by atoms with Crippen molar-refractivity contribution < 1.29 is 4.79 Å². The lowest BCUT2D eigenvalue weighted by molar-refractivity contribution is -0.116. The number of ketones is 1. The zero-order chi connectivity index (χ0) is 10.9. The van der Waals surface area contributed by atoms with Crippen LogP contribution in [-0.4, -0.2) is 10.8 Å². The van der Waals surface area contributed by atoms with Crippen molar-refractivity contribution in [2.75, 3.05) is 0 Å². The highest BCUT2D eigenvalue weighted by atomic mass is 16.1. The van der Waals surface area contributed by atoms with E-state index in [1.807, 2.05) is 24.3 Å². The number of hydrogen-bond donors (Lipinski definition) is 0. The molecule has 1 aromatic heterocycles. The second kappa shape index (κ2) is 3.61. The van der Waals surface area contributed by atoms with Gasteiger partial charge >= 0.3 is 0 Å². The van der Waals surface area contributed by atoms with Crippen LogP contribution in [0.4, 0.5) is 0 Å². The molecular formula is C13H15NO. The first kappa shape index (κ1) is 10.1. The molecule has 1 aliphatic carbocycles. The third kappa shape index (κ3) is 1.99. The maximum absolute atomic E-state index is 11.4. The third-order valence-corrected chi connectivity index (χ3v) is 3.05. The molecule has 0 aliphatic heterocycles. The second-order valence-corrected chi connectivity index (χ2v) is 4.63. The van der Waals surface area contributed by atoms with E-state index in [1.54, 1.807) is 12.3 Å². The minimum absolute atomic E-state index is 0.0161. The van der Waals surface area contributed by atoms with Gasteiger partial charge in [0.2, 0.25) is 0 Å². The van der Waals surface area contributed by atoms with Crippen molar-refractivity contribution in [1.82, 2.24) is 4.98 Å². The summed E-state index contributed by atoms with van der Waals surface area (Å²) in [7, 11) is 0. The van der Waals surface area contributed by atoms with Crippen LogP contribution >= 0.6 is 0 Å². The van der Waals surface area contributed by atoms with Crippen LogP contribution in [0.2, 0.25) is 0 Å². The number of hydrogen-bond acceptors (Lipinski definition) is 2. The highest BCUT2D eigenvalue weighted by Crippen LogP contribution is 2.41. The highest BCUT2D eigenvalue weighted by molar-refractivity contribution is 5.91. The molecule has 1 unspecified atom stereocenters. The summed E-state index contributed by atoms with van der Waals surface area (Å²) < 4.78 is 0. The van der Waals surface area contributed by atoms with E-state index < -0.39 is 0 Å². The molecule has 1 aromatic rings. The molecule has 1 atom stereocenters. The lowest BCUT2D eigenvalue weighted by Gasteiger charge is -2.33. The van der Waals surface area contributed by atoms with Crippen LogP contribution in [0.25, 0.3) is 0 Å². The lowest BCUT2D eigenvalue weighted by atomic mass is 9.71. The fourth-order valence-corrected chi connectivity index (χ4v) is 2.02. The number of pyridine rings is 1. The molecule has 2 rings (SSSR count). The first-order valence-corrected chi connectivity index (χ1v) is 5.22. The number of rotatable bonds is 1. The number of nitrogens with zero attached hydrogens (tertiary/aromatic N) is 1. The Kier molecular flexibility index (Phi) is 2.43. The van der Waals surface area contributed by atoms with Crippen molar-refractivity contribution in [2.45, 2.75) is 26.2 Å². The van der Waals surface area contributed by atoms with Gasteiger partial charge in [-0.2, -0.15) is 0 Å². The zero-order valence-electron chi connectivity index (χ0n) is 9.10. The van der Waals surface area contributed by atoms with Crippen molar-refractivity contribution in [1.29, 1.82) is 0 Å². The number of allylic oxidation sites excluding steroid dienone is 2. The topological polar surface area (TPSA) is 30.0 Å². The van der Waals surface area contributed by atoms with Gasteiger partial charge in [-0.3, -0.25) is 9.78 Å². The molecular weight excluding hydrogens is 186 g/mol. The average molecular weight is 201 g/mol. The summed E-state index contributed by atoms with van der Waals surface area (Å²) in [4.78, 5) is 15.8. The molecule has 78 valence electrons. The lowest BCUT2D eigenvalue weighted by Crippen LogP contribution is -2.26. The monoisotopic (exact) mass is 201 g/mol. The van der Waals surface area contributed by atoms with Gasteiger partial charge in [0, 0.05) is 24.2 Å². The summed E-state index contributed by atoms with van der Waals surface area (Å²) in [6.07, 6.45) is 6.05. The predicted octanol–water partition coefficient (Wildman–Crippen LogP) is 2.72. The first-order valence-electron chi connectivity index (χ1n) is 5.22. The summed E-state index contributed by atoms with van der Waals surface area (Å²) >= 11 is 0. The molecule has 0 N–H and O–H groups in total. The Morgan fingerprint density at radius 2 is 2.20 bits per heavy atom. The zero-order valence-corrected chi connectivity index (χ0v) is 9.10. The third-order valence-electron chi connectivity index (χ3n) is 3.05. The van der Waals surface area contributed by atoms with E-state index in [4.69, 9.17) is 0 Å². The SMILES string of the molecule is CC1(C)C=CC(=O)CC1c1ccccn1. The summed E-state index contributed by atoms with van der Waals surface area (Å²) in [6, 6.07) is 5.87. The molecule has 0 amide bonds. The molecule has 0 aromatic carbocycles. The molecule has 1 heterocycles. The van der Waals surface area contributed by atoms with Crippen LogP contribution in [0.1, 0.15) is 31.9 Å². The Hall–Kier alpha value is -1.44. The van der Waals surface area contributed by atoms with Crippen LogP contribution in [0.3, 0.4) is 0 Å². The molecule has 0 saturated heterocycles. The van der Waals surface area contributed by atoms with Crippen molar-refractivity contribution in [3.63, 3.8) is 0 Å². The summed E-state index contributed by atoms with van der Waals surface area (Å²) in [5, 5.41) is 0. The van der Waals surface area contributed by atoms with Gasteiger partial charge in [-0.25, -0.2) is 0 Å². The van der Waals surface area contributed by atoms with E-state index in [0.29, 0.717) is 6.42 Å². The normalized spacial score (nSPS) is 24.1. The summed E-state index contributed by atoms with van der Waals surface area (Å²) in [5.41, 5.74) is 1.03. The minimum Gasteiger partial charge on any atom is -0.295 e. The Labute approximate surface area is 90.0 Å². The smallest absolute Gasteiger partial charge is 0.156 e. The van der Waals surface area contributed by atoms with Gasteiger partial charge in [-0.15, -0.1) is 0 Å². The van der Waals surface area contributed by atoms with Crippen LogP contribution < -0.4 is 0 Å². The van der Waals surface area contributed by atoms with E-state index >= 15 is 0 Å². The number of carbonyl (C=O) groups excluding carboxylic acids is 1. The molecule has 15 heavy (non-hydrogen) atoms. The number of carbonyl (C=O) groups is 1. The van der Waals surface area contributed by atoms with Gasteiger partial charge < -0.3 is 0 Å². The fourth-order valence-electron chi connectivity index (χ4n) is 2.02. The van der Waals surface area contributed by atoms with E-state index in [0.717, 1.165) is 5.69 Å². The van der Waals surface area contributed by atoms with Crippen molar-refractivity contribution >= 4 is 5.78 Å². The van der Waals surface area contributed by atoms with Gasteiger partial charge in [-0.1, -0.05) is 26.0 Å². The molecule has 0 fully saturated rings. The Balaban J connectivity index is 2.37. The second-order valence-electron chi connectivity index (χ2n) is 4.63. The van der Waals surface area contributed by atoms with Gasteiger partial charge in [-0.05, 0) is 23.6 Å². The molecule has 0 spiro atoms. The maximum atomic E-state index is 11.4. The van der Waals surface area contributed by atoms with Crippen LogP contribution in [0.5, 0.6) is 0 Å². The Morgan fingerprint density at radius 1 is 1.40 bits per heavy atom. The minimum atomic E-state index is 0.0161. The van der Waals surface area contributed by atoms with E-state index in [-0.39, 0.29) is 17.1 Å². The van der Waals surface area contributed by atoms with E-state index in [9.17, 15) is 4.79 Å². The van der Waals surface area contributed by atoms with Gasteiger partial charge in [0.05, 0.1) is 0 Å². The largest absolute Gasteiger partial charge is 0.295 e. The summed E-state index contributed by atoms with van der Waals surface area (Å²) in [6.45, 7) is 4.30. The quantitative estimate of drug-likeness (QED) is 0.699. The Bertz CT molecular complexity index is 392. The summed E-state index contributed by atoms with van der Waals surface area (Å²) in [5.74, 6) is 0.404. The standard InChI is InChI=1S/C13H15NO/c1-13(2)7-6-10(15)9-11(13)12-5-3-4-8-14-12/h3-8,11H,9H2,1-2H3. The maximum Gasteiger partial charge on any atom is 0.156 e. The fraction of sp³-hybridized carbons (Fsp3) is 0.385. The average Bonchev–Trinajstić information content (AvgIpc) is 2.23. The molecule has 0 saturated carbocycles. The molecule has 0 bridgehead atoms. The van der Waals surface area contributed by atoms with Crippen LogP contribution in [0.15, 0.2) is 36.5 Å². The van der Waals surface area contributed by atoms with E-state index in [1.165, 1.54) is 0 Å². The number of aromatic nitrogens is 1. The van der Waals surface area contributed by atoms with Crippen LogP contribution in [0, 0.1) is 5.41 Å².